The minimum absolute atomic E-state index is 0.130. The van der Waals surface area contributed by atoms with Gasteiger partial charge in [-0.15, -0.1) is 0 Å². The molecule has 180 valence electrons. The first-order valence-electron chi connectivity index (χ1n) is 10.8. The number of alkyl halides is 2. The first-order valence-corrected chi connectivity index (χ1v) is 13.1. The van der Waals surface area contributed by atoms with Crippen LogP contribution >= 0.6 is 23.2 Å². The minimum Gasteiger partial charge on any atom is -0.497 e. The van der Waals surface area contributed by atoms with Crippen LogP contribution in [0, 0.1) is 11.8 Å². The number of halogens is 2. The Bertz CT molecular complexity index is 1010. The molecule has 0 N–H and O–H groups in total. The Balaban J connectivity index is 1.85. The highest BCUT2D eigenvalue weighted by atomic mass is 35.5. The van der Waals surface area contributed by atoms with Crippen LogP contribution in [0.1, 0.15) is 30.9 Å². The molecule has 0 spiro atoms. The van der Waals surface area contributed by atoms with Gasteiger partial charge in [0.05, 0.1) is 20.0 Å². The Hall–Kier alpha value is -1.80. The van der Waals surface area contributed by atoms with Crippen molar-refractivity contribution in [3.05, 3.63) is 59.7 Å². The van der Waals surface area contributed by atoms with E-state index >= 15 is 0 Å². The molecule has 0 amide bonds. The number of carbonyl (C=O) groups is 1. The van der Waals surface area contributed by atoms with Crippen LogP contribution in [-0.4, -0.2) is 42.8 Å². The zero-order valence-electron chi connectivity index (χ0n) is 19.0. The van der Waals surface area contributed by atoms with E-state index < -0.39 is 14.4 Å². The summed E-state index contributed by atoms with van der Waals surface area (Å²) < 4.78 is 37.6. The van der Waals surface area contributed by atoms with E-state index in [0.29, 0.717) is 17.9 Å². The second-order valence-corrected chi connectivity index (χ2v) is 11.7. The summed E-state index contributed by atoms with van der Waals surface area (Å²) in [5, 5.41) is 0. The molecule has 6 nitrogen and oxygen atoms in total. The normalized spacial score (nSPS) is 18.6. The van der Waals surface area contributed by atoms with Crippen molar-refractivity contribution in [2.75, 3.05) is 20.0 Å². The molecule has 0 radical (unpaired) electrons. The molecule has 3 rings (SSSR count). The smallest absolute Gasteiger partial charge is 0.214 e. The summed E-state index contributed by atoms with van der Waals surface area (Å²) in [6.45, 7) is 2.29. The molecule has 0 aliphatic heterocycles. The van der Waals surface area contributed by atoms with Crippen molar-refractivity contribution >= 4 is 39.0 Å². The average molecular weight is 514 g/mol. The van der Waals surface area contributed by atoms with Gasteiger partial charge in [0.1, 0.15) is 11.5 Å². The number of sulfonamides is 1. The lowest BCUT2D eigenvalue weighted by atomic mass is 9.73. The van der Waals surface area contributed by atoms with Gasteiger partial charge in [0.25, 0.3) is 0 Å². The molecule has 2 aromatic rings. The molecular weight excluding hydrogens is 485 g/mol. The number of rotatable bonds is 11. The highest BCUT2D eigenvalue weighted by Gasteiger charge is 2.55. The van der Waals surface area contributed by atoms with Crippen LogP contribution in [0.4, 0.5) is 0 Å². The maximum Gasteiger partial charge on any atom is 0.214 e. The third kappa shape index (κ3) is 6.01. The fraction of sp³-hybridized carbons (Fsp3) is 0.458. The Morgan fingerprint density at radius 2 is 1.42 bits per heavy atom. The Morgan fingerprint density at radius 1 is 0.970 bits per heavy atom. The number of hydrogen-bond acceptors (Lipinski definition) is 5. The molecule has 9 heteroatoms. The Kier molecular flexibility index (Phi) is 8.32. The molecule has 1 unspecified atom stereocenters. The third-order valence-electron chi connectivity index (χ3n) is 6.19. The molecule has 2 atom stereocenters. The van der Waals surface area contributed by atoms with E-state index in [4.69, 9.17) is 32.7 Å². The van der Waals surface area contributed by atoms with E-state index in [9.17, 15) is 13.2 Å². The standard InChI is InChI=1S/C24H29Cl2NO5S/c1-4-19(22-13-23(28)24(22,25)26)16-33(29,30)27(14-17-5-9-20(31-2)10-6-17)15-18-7-11-21(32-3)12-8-18/h5-12,19,22H,4,13-16H2,1-3H3/t19-,22?/m1/s1. The lowest BCUT2D eigenvalue weighted by Crippen LogP contribution is -2.52. The molecular formula is C24H29Cl2NO5S. The number of hydrogen-bond donors (Lipinski definition) is 0. The summed E-state index contributed by atoms with van der Waals surface area (Å²) in [6, 6.07) is 14.6. The van der Waals surface area contributed by atoms with Gasteiger partial charge in [0.15, 0.2) is 10.1 Å². The van der Waals surface area contributed by atoms with Crippen molar-refractivity contribution < 1.29 is 22.7 Å². The summed E-state index contributed by atoms with van der Waals surface area (Å²) in [5.74, 6) is 0.317. The number of carbonyl (C=O) groups excluding carboxylic acids is 1. The van der Waals surface area contributed by atoms with Gasteiger partial charge >= 0.3 is 0 Å². The van der Waals surface area contributed by atoms with Crippen molar-refractivity contribution in [1.82, 2.24) is 4.31 Å². The van der Waals surface area contributed by atoms with Gasteiger partial charge in [-0.05, 0) is 41.3 Å². The summed E-state index contributed by atoms with van der Waals surface area (Å²) in [7, 11) is -0.543. The minimum atomic E-state index is -3.71. The van der Waals surface area contributed by atoms with E-state index in [-0.39, 0.29) is 42.9 Å². The van der Waals surface area contributed by atoms with E-state index in [1.165, 1.54) is 4.31 Å². The number of Topliss-reactive ketones (excluding diaryl/α,β-unsaturated/α-hetero) is 1. The van der Waals surface area contributed by atoms with Crippen molar-refractivity contribution in [2.24, 2.45) is 11.8 Å². The zero-order chi connectivity index (χ0) is 24.2. The van der Waals surface area contributed by atoms with Crippen LogP contribution in [0.2, 0.25) is 0 Å². The molecule has 0 saturated heterocycles. The first-order chi connectivity index (χ1) is 15.6. The SMILES string of the molecule is CC[C@H](CS(=O)(=O)N(Cc1ccc(OC)cc1)Cc1ccc(OC)cc1)C1CC(=O)C1(Cl)Cl. The van der Waals surface area contributed by atoms with E-state index in [0.717, 1.165) is 11.1 Å². The van der Waals surface area contributed by atoms with E-state index in [1.54, 1.807) is 38.5 Å². The van der Waals surface area contributed by atoms with Gasteiger partial charge in [-0.1, -0.05) is 60.8 Å². The summed E-state index contributed by atoms with van der Waals surface area (Å²) in [5.41, 5.74) is 1.67. The van der Waals surface area contributed by atoms with Gasteiger partial charge in [0.2, 0.25) is 10.0 Å². The second-order valence-electron chi connectivity index (χ2n) is 8.27. The summed E-state index contributed by atoms with van der Waals surface area (Å²) in [4.78, 5) is 11.8. The topological polar surface area (TPSA) is 72.9 Å². The lowest BCUT2D eigenvalue weighted by Gasteiger charge is -2.42. The maximum atomic E-state index is 13.6. The molecule has 1 saturated carbocycles. The average Bonchev–Trinajstić information content (AvgIpc) is 2.81. The van der Waals surface area contributed by atoms with Gasteiger partial charge in [-0.3, -0.25) is 4.79 Å². The fourth-order valence-corrected chi connectivity index (χ4v) is 6.59. The summed E-state index contributed by atoms with van der Waals surface area (Å²) in [6.07, 6.45) is 0.759. The highest BCUT2D eigenvalue weighted by Crippen LogP contribution is 2.49. The molecule has 2 aromatic carbocycles. The second kappa shape index (κ2) is 10.6. The van der Waals surface area contributed by atoms with Crippen molar-refractivity contribution in [3.63, 3.8) is 0 Å². The molecule has 1 aliphatic rings. The zero-order valence-corrected chi connectivity index (χ0v) is 21.3. The van der Waals surface area contributed by atoms with Crippen LogP contribution in [-0.2, 0) is 27.9 Å². The molecule has 0 aromatic heterocycles. The van der Waals surface area contributed by atoms with Crippen molar-refractivity contribution in [2.45, 2.75) is 37.2 Å². The van der Waals surface area contributed by atoms with Crippen LogP contribution in [0.3, 0.4) is 0 Å². The van der Waals surface area contributed by atoms with Crippen molar-refractivity contribution in [3.8, 4) is 11.5 Å². The van der Waals surface area contributed by atoms with Crippen molar-refractivity contribution in [1.29, 1.82) is 0 Å². The van der Waals surface area contributed by atoms with Gasteiger partial charge in [-0.25, -0.2) is 8.42 Å². The molecule has 0 heterocycles. The monoisotopic (exact) mass is 513 g/mol. The van der Waals surface area contributed by atoms with Crippen LogP contribution in [0.5, 0.6) is 11.5 Å². The third-order valence-corrected chi connectivity index (χ3v) is 9.07. The predicted octanol–water partition coefficient (Wildman–Crippen LogP) is 4.82. The van der Waals surface area contributed by atoms with E-state index in [2.05, 4.69) is 0 Å². The largest absolute Gasteiger partial charge is 0.497 e. The first kappa shape index (κ1) is 25.8. The number of nitrogens with zero attached hydrogens (tertiary/aromatic N) is 1. The van der Waals surface area contributed by atoms with Gasteiger partial charge in [-0.2, -0.15) is 4.31 Å². The molecule has 1 fully saturated rings. The highest BCUT2D eigenvalue weighted by molar-refractivity contribution is 7.89. The molecule has 1 aliphatic carbocycles. The summed E-state index contributed by atoms with van der Waals surface area (Å²) >= 11 is 12.4. The predicted molar refractivity (Wildman–Crippen MR) is 130 cm³/mol. The van der Waals surface area contributed by atoms with Gasteiger partial charge < -0.3 is 9.47 Å². The Morgan fingerprint density at radius 3 is 1.76 bits per heavy atom. The maximum absolute atomic E-state index is 13.6. The number of benzene rings is 2. The lowest BCUT2D eigenvalue weighted by molar-refractivity contribution is -0.129. The molecule has 0 bridgehead atoms. The Labute approximate surface area is 205 Å². The van der Waals surface area contributed by atoms with Crippen LogP contribution < -0.4 is 9.47 Å². The van der Waals surface area contributed by atoms with Crippen LogP contribution in [0.15, 0.2) is 48.5 Å². The number of ketones is 1. The van der Waals surface area contributed by atoms with Gasteiger partial charge in [0, 0.05) is 25.4 Å². The van der Waals surface area contributed by atoms with Crippen LogP contribution in [0.25, 0.3) is 0 Å². The number of methoxy groups -OCH3 is 2. The molecule has 33 heavy (non-hydrogen) atoms. The fourth-order valence-electron chi connectivity index (χ4n) is 4.02. The number of ether oxygens (including phenoxy) is 2. The van der Waals surface area contributed by atoms with E-state index in [1.807, 2.05) is 31.2 Å². The quantitative estimate of drug-likeness (QED) is 0.402.